The van der Waals surface area contributed by atoms with Crippen molar-refractivity contribution in [3.8, 4) is 0 Å². The van der Waals surface area contributed by atoms with E-state index in [4.69, 9.17) is 0 Å². The van der Waals surface area contributed by atoms with Gasteiger partial charge >= 0.3 is 6.18 Å². The molecule has 0 radical (unpaired) electrons. The summed E-state index contributed by atoms with van der Waals surface area (Å²) in [6.45, 7) is 0. The van der Waals surface area contributed by atoms with Crippen LogP contribution in [0.15, 0.2) is 29.2 Å². The van der Waals surface area contributed by atoms with Crippen molar-refractivity contribution in [3.63, 3.8) is 0 Å². The first kappa shape index (κ1) is 17.1. The topological polar surface area (TPSA) is 58.2 Å². The Morgan fingerprint density at radius 2 is 1.96 bits per heavy atom. The highest BCUT2D eigenvalue weighted by Crippen LogP contribution is 2.36. The zero-order valence-electron chi connectivity index (χ0n) is 12.7. The number of carbonyl (C=O) groups is 2. The fourth-order valence-electron chi connectivity index (χ4n) is 3.07. The average molecular weight is 358 g/mol. The molecule has 0 spiro atoms. The van der Waals surface area contributed by atoms with Gasteiger partial charge in [-0.05, 0) is 30.9 Å². The number of benzene rings is 1. The van der Waals surface area contributed by atoms with E-state index in [-0.39, 0.29) is 18.9 Å². The number of hydrogen-bond donors (Lipinski definition) is 2. The van der Waals surface area contributed by atoms with Crippen LogP contribution in [0.25, 0.3) is 0 Å². The van der Waals surface area contributed by atoms with Gasteiger partial charge in [-0.3, -0.25) is 9.59 Å². The fraction of sp³-hybridized carbons (Fsp3) is 0.500. The number of piperidine rings is 1. The molecule has 1 aromatic carbocycles. The maximum absolute atomic E-state index is 12.7. The summed E-state index contributed by atoms with van der Waals surface area (Å²) in [7, 11) is 0. The first-order valence-corrected chi connectivity index (χ1v) is 8.74. The Morgan fingerprint density at radius 1 is 1.21 bits per heavy atom. The van der Waals surface area contributed by atoms with Crippen LogP contribution in [0.5, 0.6) is 0 Å². The quantitative estimate of drug-likeness (QED) is 0.800. The number of carbonyl (C=O) groups excluding carboxylic acids is 2. The van der Waals surface area contributed by atoms with Crippen molar-refractivity contribution in [1.82, 2.24) is 10.6 Å². The Labute approximate surface area is 141 Å². The summed E-state index contributed by atoms with van der Waals surface area (Å²) < 4.78 is 38.0. The molecule has 3 rings (SSSR count). The number of halogens is 3. The second-order valence-electron chi connectivity index (χ2n) is 5.97. The van der Waals surface area contributed by atoms with Crippen LogP contribution in [0, 0.1) is 5.92 Å². The molecule has 8 heteroatoms. The Hall–Kier alpha value is -1.70. The third kappa shape index (κ3) is 3.53. The first-order valence-electron chi connectivity index (χ1n) is 7.75. The largest absolute Gasteiger partial charge is 0.408 e. The number of hydrogen-bond acceptors (Lipinski definition) is 3. The van der Waals surface area contributed by atoms with Crippen LogP contribution in [-0.4, -0.2) is 29.8 Å². The Bertz CT molecular complexity index is 650. The molecule has 3 atom stereocenters. The van der Waals surface area contributed by atoms with E-state index in [9.17, 15) is 22.8 Å². The molecule has 24 heavy (non-hydrogen) atoms. The van der Waals surface area contributed by atoms with Gasteiger partial charge in [-0.2, -0.15) is 13.2 Å². The van der Waals surface area contributed by atoms with E-state index in [2.05, 4.69) is 5.32 Å². The van der Waals surface area contributed by atoms with E-state index in [1.54, 1.807) is 11.8 Å². The van der Waals surface area contributed by atoms with E-state index in [0.29, 0.717) is 0 Å². The minimum atomic E-state index is -4.48. The van der Waals surface area contributed by atoms with Crippen LogP contribution in [0.2, 0.25) is 0 Å². The van der Waals surface area contributed by atoms with Gasteiger partial charge in [0.05, 0.1) is 6.04 Å². The van der Waals surface area contributed by atoms with Crippen LogP contribution in [-0.2, 0) is 9.59 Å². The fourth-order valence-corrected chi connectivity index (χ4v) is 4.19. The van der Waals surface area contributed by atoms with Gasteiger partial charge in [0.2, 0.25) is 11.8 Å². The molecule has 2 amide bonds. The lowest BCUT2D eigenvalue weighted by atomic mass is 9.92. The van der Waals surface area contributed by atoms with E-state index < -0.39 is 30.0 Å². The molecule has 4 nitrogen and oxygen atoms in total. The number of nitrogens with one attached hydrogen (secondary N) is 2. The highest BCUT2D eigenvalue weighted by Gasteiger charge is 2.46. The lowest BCUT2D eigenvalue weighted by molar-refractivity contribution is -0.171. The molecule has 2 N–H and O–H groups in total. The van der Waals surface area contributed by atoms with Gasteiger partial charge in [0.15, 0.2) is 0 Å². The monoisotopic (exact) mass is 358 g/mol. The van der Waals surface area contributed by atoms with Crippen LogP contribution < -0.4 is 10.6 Å². The second kappa shape index (κ2) is 6.66. The van der Waals surface area contributed by atoms with Crippen molar-refractivity contribution >= 4 is 23.6 Å². The Morgan fingerprint density at radius 3 is 2.67 bits per heavy atom. The zero-order valence-corrected chi connectivity index (χ0v) is 13.5. The highest BCUT2D eigenvalue weighted by atomic mass is 32.2. The third-order valence-electron chi connectivity index (χ3n) is 4.36. The normalized spacial score (nSPS) is 27.1. The smallest absolute Gasteiger partial charge is 0.349 e. The molecule has 0 aromatic heterocycles. The zero-order chi connectivity index (χ0) is 17.3. The summed E-state index contributed by atoms with van der Waals surface area (Å²) in [6.07, 6.45) is -4.11. The van der Waals surface area contributed by atoms with E-state index in [0.717, 1.165) is 22.6 Å². The molecule has 0 aliphatic carbocycles. The Balaban J connectivity index is 1.65. The average Bonchev–Trinajstić information content (AvgIpc) is 2.54. The molecule has 0 saturated carbocycles. The molecule has 0 bridgehead atoms. The molecule has 2 aliphatic heterocycles. The van der Waals surface area contributed by atoms with Gasteiger partial charge in [0, 0.05) is 10.6 Å². The molecule has 2 heterocycles. The molecule has 1 aromatic rings. The summed E-state index contributed by atoms with van der Waals surface area (Å²) in [6, 6.07) is 5.63. The van der Waals surface area contributed by atoms with Crippen LogP contribution in [0.1, 0.15) is 30.9 Å². The lowest BCUT2D eigenvalue weighted by Gasteiger charge is -2.32. The highest BCUT2D eigenvalue weighted by molar-refractivity contribution is 7.99. The molecule has 130 valence electrons. The van der Waals surface area contributed by atoms with Crippen molar-refractivity contribution in [3.05, 3.63) is 29.8 Å². The minimum Gasteiger partial charge on any atom is -0.349 e. The summed E-state index contributed by atoms with van der Waals surface area (Å²) >= 11 is 1.70. The second-order valence-corrected chi connectivity index (χ2v) is 7.11. The molecule has 3 unspecified atom stereocenters. The lowest BCUT2D eigenvalue weighted by Crippen LogP contribution is -2.54. The number of rotatable bonds is 2. The van der Waals surface area contributed by atoms with Crippen molar-refractivity contribution in [1.29, 1.82) is 0 Å². The molecular weight excluding hydrogens is 341 g/mol. The van der Waals surface area contributed by atoms with Gasteiger partial charge < -0.3 is 10.6 Å². The Kier molecular flexibility index (Phi) is 4.76. The van der Waals surface area contributed by atoms with Gasteiger partial charge in [0.25, 0.3) is 0 Å². The van der Waals surface area contributed by atoms with Crippen molar-refractivity contribution in [2.75, 3.05) is 5.75 Å². The molecule has 1 saturated heterocycles. The predicted octanol–water partition coefficient (Wildman–Crippen LogP) is 2.80. The maximum Gasteiger partial charge on any atom is 0.408 e. The van der Waals surface area contributed by atoms with Crippen molar-refractivity contribution in [2.45, 2.75) is 42.4 Å². The van der Waals surface area contributed by atoms with Gasteiger partial charge in [-0.25, -0.2) is 0 Å². The predicted molar refractivity (Wildman–Crippen MR) is 83.4 cm³/mol. The number of amides is 2. The summed E-state index contributed by atoms with van der Waals surface area (Å²) in [5.41, 5.74) is 0.992. The molecule has 1 fully saturated rings. The standard InChI is InChI=1S/C16H17F3N2O2S/c17-16(18,19)13-6-5-10(15(23)21-13)14(22)20-11-7-8-24-12-4-2-1-3-9(11)12/h1-4,10-11,13H,5-8H2,(H,20,22)(H,21,23). The maximum atomic E-state index is 12.7. The van der Waals surface area contributed by atoms with Crippen molar-refractivity contribution in [2.24, 2.45) is 5.92 Å². The number of thioether (sulfide) groups is 1. The molecular formula is C16H17F3N2O2S. The third-order valence-corrected chi connectivity index (χ3v) is 5.49. The van der Waals surface area contributed by atoms with Gasteiger partial charge in [-0.1, -0.05) is 18.2 Å². The number of alkyl halides is 3. The van der Waals surface area contributed by atoms with Gasteiger partial charge in [-0.15, -0.1) is 11.8 Å². The van der Waals surface area contributed by atoms with E-state index >= 15 is 0 Å². The van der Waals surface area contributed by atoms with E-state index in [1.165, 1.54) is 0 Å². The minimum absolute atomic E-state index is 0.0923. The van der Waals surface area contributed by atoms with Crippen LogP contribution >= 0.6 is 11.8 Å². The SMILES string of the molecule is O=C(NC1CCSc2ccccc21)C1CCC(C(F)(F)F)NC1=O. The van der Waals surface area contributed by atoms with E-state index in [1.807, 2.05) is 29.6 Å². The van der Waals surface area contributed by atoms with Gasteiger partial charge in [0.1, 0.15) is 12.0 Å². The number of fused-ring (bicyclic) bond motifs is 1. The summed E-state index contributed by atoms with van der Waals surface area (Å²) in [5.74, 6) is -1.57. The molecule has 2 aliphatic rings. The van der Waals surface area contributed by atoms with Crippen molar-refractivity contribution < 1.29 is 22.8 Å². The van der Waals surface area contributed by atoms with Crippen LogP contribution in [0.4, 0.5) is 13.2 Å². The van der Waals surface area contributed by atoms with Crippen LogP contribution in [0.3, 0.4) is 0 Å². The first-order chi connectivity index (χ1) is 11.4. The summed E-state index contributed by atoms with van der Waals surface area (Å²) in [5, 5.41) is 4.75. The summed E-state index contributed by atoms with van der Waals surface area (Å²) in [4.78, 5) is 25.4.